The minimum atomic E-state index is -0.494. The predicted molar refractivity (Wildman–Crippen MR) is 134 cm³/mol. The van der Waals surface area contributed by atoms with Crippen molar-refractivity contribution in [2.24, 2.45) is 17.1 Å². The van der Waals surface area contributed by atoms with Crippen LogP contribution >= 0.6 is 35.2 Å². The highest BCUT2D eigenvalue weighted by Crippen LogP contribution is 2.44. The molecule has 1 aromatic heterocycles. The van der Waals surface area contributed by atoms with Crippen molar-refractivity contribution in [1.29, 1.82) is 0 Å². The molecular weight excluding hydrogens is 466 g/mol. The van der Waals surface area contributed by atoms with Crippen molar-refractivity contribution in [2.75, 3.05) is 11.9 Å². The minimum Gasteiger partial charge on any atom is -0.492 e. The first-order valence-corrected chi connectivity index (χ1v) is 12.1. The van der Waals surface area contributed by atoms with Crippen LogP contribution in [0.2, 0.25) is 5.02 Å². The smallest absolute Gasteiger partial charge is 0.257 e. The van der Waals surface area contributed by atoms with Crippen molar-refractivity contribution in [3.63, 3.8) is 0 Å². The largest absolute Gasteiger partial charge is 0.492 e. The number of rotatable bonds is 5. The van der Waals surface area contributed by atoms with Gasteiger partial charge in [0.05, 0.1) is 17.2 Å². The number of nitrogens with two attached hydrogens (primary N) is 1. The average Bonchev–Trinajstić information content (AvgIpc) is 3.05. The van der Waals surface area contributed by atoms with Gasteiger partial charge in [0.2, 0.25) is 0 Å². The van der Waals surface area contributed by atoms with E-state index in [-0.39, 0.29) is 10.5 Å². The van der Waals surface area contributed by atoms with Crippen molar-refractivity contribution in [3.05, 3.63) is 44.8 Å². The molecule has 9 heteroatoms. The second-order valence-electron chi connectivity index (χ2n) is 8.86. The lowest BCUT2D eigenvalue weighted by molar-refractivity contribution is 0.0975. The monoisotopic (exact) mass is 493 g/mol. The maximum atomic E-state index is 12.6. The summed E-state index contributed by atoms with van der Waals surface area (Å²) in [5.74, 6) is 0.127. The zero-order valence-electron chi connectivity index (χ0n) is 18.6. The molecule has 1 atom stereocenters. The third-order valence-electron chi connectivity index (χ3n) is 5.68. The van der Waals surface area contributed by atoms with Crippen LogP contribution in [-0.2, 0) is 12.8 Å². The van der Waals surface area contributed by atoms with Crippen molar-refractivity contribution in [1.82, 2.24) is 5.32 Å². The molecule has 3 rings (SSSR count). The summed E-state index contributed by atoms with van der Waals surface area (Å²) in [5, 5.41) is 6.66. The molecule has 1 unspecified atom stereocenters. The predicted octanol–water partition coefficient (Wildman–Crippen LogP) is 5.18. The number of hydrogen-bond acceptors (Lipinski definition) is 5. The highest BCUT2D eigenvalue weighted by atomic mass is 35.5. The molecule has 6 nitrogen and oxygen atoms in total. The molecule has 4 N–H and O–H groups in total. The van der Waals surface area contributed by atoms with Gasteiger partial charge in [-0.05, 0) is 73.5 Å². The molecule has 1 aromatic carbocycles. The number of ether oxygens (including phenoxy) is 1. The quantitative estimate of drug-likeness (QED) is 0.499. The summed E-state index contributed by atoms with van der Waals surface area (Å²) in [4.78, 5) is 26.0. The van der Waals surface area contributed by atoms with Crippen LogP contribution < -0.4 is 21.1 Å². The van der Waals surface area contributed by atoms with Crippen LogP contribution in [0, 0.1) is 11.3 Å². The SMILES string of the molecule is CCOc1ccc(C(=O)NC(=S)Nc2sc3c(c2C(N)=O)CCC(C(C)(C)C)C3)cc1Cl. The maximum absolute atomic E-state index is 12.6. The van der Waals surface area contributed by atoms with Crippen LogP contribution in [-0.4, -0.2) is 23.5 Å². The highest BCUT2D eigenvalue weighted by molar-refractivity contribution is 7.80. The van der Waals surface area contributed by atoms with E-state index in [1.165, 1.54) is 17.4 Å². The van der Waals surface area contributed by atoms with Gasteiger partial charge in [0.15, 0.2) is 5.11 Å². The summed E-state index contributed by atoms with van der Waals surface area (Å²) < 4.78 is 5.39. The number of primary amides is 1. The van der Waals surface area contributed by atoms with E-state index < -0.39 is 11.8 Å². The summed E-state index contributed by atoms with van der Waals surface area (Å²) in [6.45, 7) is 9.04. The Labute approximate surface area is 202 Å². The molecule has 0 saturated heterocycles. The highest BCUT2D eigenvalue weighted by Gasteiger charge is 2.33. The number of anilines is 1. The Kier molecular flexibility index (Phi) is 7.47. The zero-order valence-corrected chi connectivity index (χ0v) is 21.0. The molecular formula is C23H28ClN3O3S2. The lowest BCUT2D eigenvalue weighted by atomic mass is 9.72. The molecule has 0 spiro atoms. The molecule has 0 radical (unpaired) electrons. The number of hydrogen-bond donors (Lipinski definition) is 3. The third kappa shape index (κ3) is 5.42. The molecule has 0 bridgehead atoms. The fraction of sp³-hybridized carbons (Fsp3) is 0.435. The number of thiophene rings is 1. The van der Waals surface area contributed by atoms with E-state index in [1.54, 1.807) is 12.1 Å². The van der Waals surface area contributed by atoms with Gasteiger partial charge in [-0.15, -0.1) is 11.3 Å². The molecule has 0 fully saturated rings. The van der Waals surface area contributed by atoms with Gasteiger partial charge in [-0.25, -0.2) is 0 Å². The first-order valence-electron chi connectivity index (χ1n) is 10.5. The number of amides is 2. The molecule has 2 amide bonds. The van der Waals surface area contributed by atoms with Crippen molar-refractivity contribution in [3.8, 4) is 5.75 Å². The lowest BCUT2D eigenvalue weighted by Crippen LogP contribution is -2.34. The minimum absolute atomic E-state index is 0.0912. The Morgan fingerprint density at radius 2 is 2.06 bits per heavy atom. The Hall–Kier alpha value is -2.16. The Balaban J connectivity index is 1.75. The number of benzene rings is 1. The van der Waals surface area contributed by atoms with Gasteiger partial charge < -0.3 is 15.8 Å². The van der Waals surface area contributed by atoms with Crippen LogP contribution in [0.1, 0.15) is 65.3 Å². The number of halogens is 1. The number of thiocarbonyl (C=S) groups is 1. The van der Waals surface area contributed by atoms with Gasteiger partial charge in [0.1, 0.15) is 10.8 Å². The van der Waals surface area contributed by atoms with Crippen LogP contribution in [0.5, 0.6) is 5.75 Å². The molecule has 2 aromatic rings. The number of carbonyl (C=O) groups excluding carboxylic acids is 2. The Morgan fingerprint density at radius 1 is 1.34 bits per heavy atom. The summed E-state index contributed by atoms with van der Waals surface area (Å²) in [7, 11) is 0. The molecule has 1 aliphatic rings. The Morgan fingerprint density at radius 3 is 2.66 bits per heavy atom. The third-order valence-corrected chi connectivity index (χ3v) is 7.35. The summed E-state index contributed by atoms with van der Waals surface area (Å²) in [5.41, 5.74) is 7.69. The standard InChI is InChI=1S/C23H28ClN3O3S2/c1-5-30-16-9-6-12(10-15(16)24)20(29)26-22(31)27-21-18(19(25)28)14-8-7-13(23(2,3)4)11-17(14)32-21/h6,9-10,13H,5,7-8,11H2,1-4H3,(H2,25,28)(H2,26,27,29,31). The summed E-state index contributed by atoms with van der Waals surface area (Å²) in [6, 6.07) is 4.78. The van der Waals surface area contributed by atoms with Crippen molar-refractivity contribution in [2.45, 2.75) is 47.0 Å². The zero-order chi connectivity index (χ0) is 23.6. The molecule has 32 heavy (non-hydrogen) atoms. The van der Waals surface area contributed by atoms with Gasteiger partial charge >= 0.3 is 0 Å². The normalized spacial score (nSPS) is 15.6. The summed E-state index contributed by atoms with van der Waals surface area (Å²) >= 11 is 13.0. The van der Waals surface area contributed by atoms with E-state index in [0.717, 1.165) is 29.7 Å². The maximum Gasteiger partial charge on any atom is 0.257 e. The molecule has 172 valence electrons. The number of carbonyl (C=O) groups is 2. The van der Waals surface area contributed by atoms with Crippen LogP contribution in [0.15, 0.2) is 18.2 Å². The van der Waals surface area contributed by atoms with Crippen LogP contribution in [0.25, 0.3) is 0 Å². The number of nitrogens with one attached hydrogen (secondary N) is 2. The molecule has 1 heterocycles. The fourth-order valence-corrected chi connectivity index (χ4v) is 5.73. The first kappa shape index (κ1) is 24.5. The van der Waals surface area contributed by atoms with E-state index in [4.69, 9.17) is 34.3 Å². The summed E-state index contributed by atoms with van der Waals surface area (Å²) in [6.07, 6.45) is 2.71. The second kappa shape index (κ2) is 9.77. The van der Waals surface area contributed by atoms with E-state index in [2.05, 4.69) is 31.4 Å². The van der Waals surface area contributed by atoms with Crippen LogP contribution in [0.4, 0.5) is 5.00 Å². The second-order valence-corrected chi connectivity index (χ2v) is 10.8. The molecule has 1 aliphatic carbocycles. The van der Waals surface area contributed by atoms with E-state index in [9.17, 15) is 9.59 Å². The van der Waals surface area contributed by atoms with Crippen LogP contribution in [0.3, 0.4) is 0 Å². The lowest BCUT2D eigenvalue weighted by Gasteiger charge is -2.33. The average molecular weight is 494 g/mol. The van der Waals surface area contributed by atoms with Crippen molar-refractivity contribution < 1.29 is 14.3 Å². The van der Waals surface area contributed by atoms with E-state index in [1.807, 2.05) is 6.92 Å². The molecule has 0 saturated carbocycles. The Bertz CT molecular complexity index is 1060. The van der Waals surface area contributed by atoms with E-state index >= 15 is 0 Å². The van der Waals surface area contributed by atoms with Crippen molar-refractivity contribution >= 4 is 57.1 Å². The van der Waals surface area contributed by atoms with Gasteiger partial charge in [0, 0.05) is 10.4 Å². The topological polar surface area (TPSA) is 93.4 Å². The first-order chi connectivity index (χ1) is 15.0. The van der Waals surface area contributed by atoms with Gasteiger partial charge in [-0.3, -0.25) is 14.9 Å². The fourth-order valence-electron chi connectivity index (χ4n) is 3.90. The van der Waals surface area contributed by atoms with E-state index in [0.29, 0.717) is 39.4 Å². The van der Waals surface area contributed by atoms with Gasteiger partial charge in [-0.1, -0.05) is 32.4 Å². The van der Waals surface area contributed by atoms with Gasteiger partial charge in [0.25, 0.3) is 11.8 Å². The van der Waals surface area contributed by atoms with Gasteiger partial charge in [-0.2, -0.15) is 0 Å². The molecule has 0 aliphatic heterocycles. The number of fused-ring (bicyclic) bond motifs is 1.